The lowest BCUT2D eigenvalue weighted by Crippen LogP contribution is -2.49. The van der Waals surface area contributed by atoms with Gasteiger partial charge < -0.3 is 15.0 Å². The van der Waals surface area contributed by atoms with Crippen molar-refractivity contribution >= 4 is 0 Å². The van der Waals surface area contributed by atoms with Crippen LogP contribution in [-0.4, -0.2) is 50.3 Å². The molecule has 3 heteroatoms. The lowest BCUT2D eigenvalue weighted by molar-refractivity contribution is 0.0733. The molecule has 0 aromatic carbocycles. The molecule has 0 spiro atoms. The lowest BCUT2D eigenvalue weighted by atomic mass is 9.94. The number of hydrogen-bond donors (Lipinski definition) is 1. The third-order valence-corrected chi connectivity index (χ3v) is 4.04. The van der Waals surface area contributed by atoms with Crippen LogP contribution in [0.5, 0.6) is 0 Å². The number of nitrogens with one attached hydrogen (secondary N) is 1. The fourth-order valence-electron chi connectivity index (χ4n) is 2.68. The molecule has 1 fully saturated rings. The number of rotatable bonds is 9. The van der Waals surface area contributed by atoms with Gasteiger partial charge in [-0.25, -0.2) is 0 Å². The van der Waals surface area contributed by atoms with E-state index < -0.39 is 0 Å². The van der Waals surface area contributed by atoms with Crippen molar-refractivity contribution in [2.45, 2.75) is 53.0 Å². The van der Waals surface area contributed by atoms with Crippen molar-refractivity contribution in [1.29, 1.82) is 0 Å². The van der Waals surface area contributed by atoms with E-state index >= 15 is 0 Å². The van der Waals surface area contributed by atoms with Crippen LogP contribution in [0.1, 0.15) is 47.0 Å². The molecule has 0 saturated carbocycles. The maximum Gasteiger partial charge on any atom is 0.0593 e. The van der Waals surface area contributed by atoms with Crippen LogP contribution in [-0.2, 0) is 4.74 Å². The maximum absolute atomic E-state index is 5.72. The van der Waals surface area contributed by atoms with E-state index in [1.165, 1.54) is 32.4 Å². The van der Waals surface area contributed by atoms with Crippen LogP contribution in [0.2, 0.25) is 0 Å². The minimum absolute atomic E-state index is 0.720. The normalized spacial score (nSPS) is 25.1. The average Bonchev–Trinajstić information content (AvgIpc) is 2.37. The SMILES string of the molecule is CCCNC1CCN(CCOCCC(C)C)CC1C. The summed E-state index contributed by atoms with van der Waals surface area (Å²) in [6, 6.07) is 0.720. The predicted octanol–water partition coefficient (Wildman–Crippen LogP) is 2.76. The van der Waals surface area contributed by atoms with Crippen molar-refractivity contribution in [2.75, 3.05) is 39.4 Å². The van der Waals surface area contributed by atoms with Crippen molar-refractivity contribution < 1.29 is 4.74 Å². The molecule has 1 heterocycles. The highest BCUT2D eigenvalue weighted by Crippen LogP contribution is 2.16. The van der Waals surface area contributed by atoms with Crippen LogP contribution in [0, 0.1) is 11.8 Å². The molecule has 1 saturated heterocycles. The van der Waals surface area contributed by atoms with Gasteiger partial charge >= 0.3 is 0 Å². The van der Waals surface area contributed by atoms with Crippen LogP contribution in [0.3, 0.4) is 0 Å². The zero-order valence-corrected chi connectivity index (χ0v) is 13.5. The summed E-state index contributed by atoms with van der Waals surface area (Å²) in [7, 11) is 0. The second kappa shape index (κ2) is 9.73. The average molecular weight is 270 g/mol. The van der Waals surface area contributed by atoms with Crippen LogP contribution >= 0.6 is 0 Å². The Kier molecular flexibility index (Phi) is 8.67. The molecule has 1 rings (SSSR count). The Hall–Kier alpha value is -0.120. The van der Waals surface area contributed by atoms with Gasteiger partial charge in [0.2, 0.25) is 0 Å². The Bertz CT molecular complexity index is 221. The molecule has 1 aliphatic heterocycles. The summed E-state index contributed by atoms with van der Waals surface area (Å²) in [6.07, 6.45) is 3.70. The zero-order chi connectivity index (χ0) is 14.1. The summed E-state index contributed by atoms with van der Waals surface area (Å²) in [4.78, 5) is 2.56. The monoisotopic (exact) mass is 270 g/mol. The third kappa shape index (κ3) is 7.28. The first-order chi connectivity index (χ1) is 9.13. The smallest absolute Gasteiger partial charge is 0.0593 e. The summed E-state index contributed by atoms with van der Waals surface area (Å²) in [5.41, 5.74) is 0. The second-order valence-corrected chi connectivity index (χ2v) is 6.42. The summed E-state index contributed by atoms with van der Waals surface area (Å²) in [6.45, 7) is 15.6. The van der Waals surface area contributed by atoms with E-state index in [1.807, 2.05) is 0 Å². The van der Waals surface area contributed by atoms with Crippen molar-refractivity contribution in [3.63, 3.8) is 0 Å². The van der Waals surface area contributed by atoms with Gasteiger partial charge in [-0.3, -0.25) is 0 Å². The topological polar surface area (TPSA) is 24.5 Å². The van der Waals surface area contributed by atoms with Gasteiger partial charge in [0, 0.05) is 25.7 Å². The van der Waals surface area contributed by atoms with Crippen LogP contribution in [0.4, 0.5) is 0 Å². The summed E-state index contributed by atoms with van der Waals surface area (Å²) in [5, 5.41) is 3.67. The van der Waals surface area contributed by atoms with Gasteiger partial charge in [0.15, 0.2) is 0 Å². The van der Waals surface area contributed by atoms with Crippen molar-refractivity contribution in [1.82, 2.24) is 10.2 Å². The quantitative estimate of drug-likeness (QED) is 0.652. The van der Waals surface area contributed by atoms with Gasteiger partial charge in [-0.05, 0) is 44.2 Å². The van der Waals surface area contributed by atoms with Crippen molar-refractivity contribution in [3.8, 4) is 0 Å². The molecule has 114 valence electrons. The molecular formula is C16H34N2O. The number of likely N-dealkylation sites (tertiary alicyclic amines) is 1. The molecule has 0 radical (unpaired) electrons. The zero-order valence-electron chi connectivity index (χ0n) is 13.5. The summed E-state index contributed by atoms with van der Waals surface area (Å²) < 4.78 is 5.72. The highest BCUT2D eigenvalue weighted by molar-refractivity contribution is 4.82. The molecule has 0 aromatic rings. The lowest BCUT2D eigenvalue weighted by Gasteiger charge is -2.37. The Balaban J connectivity index is 2.07. The number of piperidine rings is 1. The molecule has 0 aliphatic carbocycles. The van der Waals surface area contributed by atoms with Gasteiger partial charge in [0.05, 0.1) is 6.61 Å². The number of nitrogens with zero attached hydrogens (tertiary/aromatic N) is 1. The molecule has 0 bridgehead atoms. The van der Waals surface area contributed by atoms with E-state index in [1.54, 1.807) is 0 Å². The Morgan fingerprint density at radius 1 is 1.32 bits per heavy atom. The fourth-order valence-corrected chi connectivity index (χ4v) is 2.68. The molecule has 0 amide bonds. The minimum Gasteiger partial charge on any atom is -0.380 e. The third-order valence-electron chi connectivity index (χ3n) is 4.04. The van der Waals surface area contributed by atoms with Crippen LogP contribution < -0.4 is 5.32 Å². The highest BCUT2D eigenvalue weighted by Gasteiger charge is 2.24. The molecule has 2 atom stereocenters. The summed E-state index contributed by atoms with van der Waals surface area (Å²) >= 11 is 0. The Labute approximate surface area is 120 Å². The molecule has 2 unspecified atom stereocenters. The molecule has 3 nitrogen and oxygen atoms in total. The second-order valence-electron chi connectivity index (χ2n) is 6.42. The van der Waals surface area contributed by atoms with Gasteiger partial charge in [-0.1, -0.05) is 27.7 Å². The van der Waals surface area contributed by atoms with Gasteiger partial charge in [-0.2, -0.15) is 0 Å². The Morgan fingerprint density at radius 3 is 2.74 bits per heavy atom. The predicted molar refractivity (Wildman–Crippen MR) is 82.6 cm³/mol. The molecule has 19 heavy (non-hydrogen) atoms. The first-order valence-electron chi connectivity index (χ1n) is 8.17. The summed E-state index contributed by atoms with van der Waals surface area (Å²) in [5.74, 6) is 1.51. The van der Waals surface area contributed by atoms with Crippen molar-refractivity contribution in [3.05, 3.63) is 0 Å². The number of ether oxygens (including phenoxy) is 1. The van der Waals surface area contributed by atoms with Gasteiger partial charge in [0.25, 0.3) is 0 Å². The van der Waals surface area contributed by atoms with E-state index in [-0.39, 0.29) is 0 Å². The maximum atomic E-state index is 5.72. The molecule has 0 aromatic heterocycles. The largest absolute Gasteiger partial charge is 0.380 e. The Morgan fingerprint density at radius 2 is 2.11 bits per heavy atom. The fraction of sp³-hybridized carbons (Fsp3) is 1.00. The molecule has 1 N–H and O–H groups in total. The first kappa shape index (κ1) is 16.9. The standard InChI is InChI=1S/C16H34N2O/c1-5-8-17-16-6-9-18(13-15(16)4)10-12-19-11-7-14(2)3/h14-17H,5-13H2,1-4H3. The highest BCUT2D eigenvalue weighted by atomic mass is 16.5. The number of hydrogen-bond acceptors (Lipinski definition) is 3. The van der Waals surface area contributed by atoms with Crippen molar-refractivity contribution in [2.24, 2.45) is 11.8 Å². The van der Waals surface area contributed by atoms with E-state index in [9.17, 15) is 0 Å². The minimum atomic E-state index is 0.720. The van der Waals surface area contributed by atoms with Crippen LogP contribution in [0.25, 0.3) is 0 Å². The van der Waals surface area contributed by atoms with E-state index in [0.717, 1.165) is 44.2 Å². The van der Waals surface area contributed by atoms with E-state index in [2.05, 4.69) is 37.9 Å². The van der Waals surface area contributed by atoms with E-state index in [0.29, 0.717) is 0 Å². The molecular weight excluding hydrogens is 236 g/mol. The first-order valence-corrected chi connectivity index (χ1v) is 8.17. The van der Waals surface area contributed by atoms with E-state index in [4.69, 9.17) is 4.74 Å². The van der Waals surface area contributed by atoms with Gasteiger partial charge in [-0.15, -0.1) is 0 Å². The van der Waals surface area contributed by atoms with Gasteiger partial charge in [0.1, 0.15) is 0 Å². The molecule has 1 aliphatic rings. The van der Waals surface area contributed by atoms with Crippen LogP contribution in [0.15, 0.2) is 0 Å².